The molecule has 5 heteroatoms. The lowest BCUT2D eigenvalue weighted by atomic mass is 10.1. The van der Waals surface area contributed by atoms with Gasteiger partial charge < -0.3 is 13.5 Å². The number of hydrogen-bond donors (Lipinski definition) is 0. The number of allylic oxidation sites excluding steroid dienone is 4. The third kappa shape index (κ3) is 36.3. The zero-order valence-corrected chi connectivity index (χ0v) is 32.2. The highest BCUT2D eigenvalue weighted by Crippen LogP contribution is 2.49. The van der Waals surface area contributed by atoms with Gasteiger partial charge in [-0.15, -0.1) is 0 Å². The van der Waals surface area contributed by atoms with Gasteiger partial charge in [0.05, 0.1) is 34.4 Å². The number of nitrogens with zero attached hydrogens (tertiary/aromatic N) is 1. The second kappa shape index (κ2) is 33.5. The highest BCUT2D eigenvalue weighted by Gasteiger charge is 2.32. The van der Waals surface area contributed by atoms with Crippen LogP contribution in [0.25, 0.3) is 0 Å². The largest absolute Gasteiger partial charge is 0.384 e. The predicted octanol–water partition coefficient (Wildman–Crippen LogP) is 14.0. The summed E-state index contributed by atoms with van der Waals surface area (Å²) in [5.41, 5.74) is 0. The molecule has 0 aliphatic heterocycles. The molecule has 0 bridgehead atoms. The molecule has 45 heavy (non-hydrogen) atoms. The Bertz CT molecular complexity index is 652. The van der Waals surface area contributed by atoms with E-state index in [0.717, 1.165) is 25.7 Å². The van der Waals surface area contributed by atoms with Gasteiger partial charge in [-0.25, -0.2) is 0 Å². The zero-order chi connectivity index (χ0) is 33.2. The maximum Gasteiger partial charge on any atom is 0.384 e. The maximum atomic E-state index is 13.5. The van der Waals surface area contributed by atoms with Crippen LogP contribution < -0.4 is 0 Å². The molecule has 0 saturated carbocycles. The second-order valence-corrected chi connectivity index (χ2v) is 16.6. The van der Waals surface area contributed by atoms with E-state index in [1.165, 1.54) is 154 Å². The van der Waals surface area contributed by atoms with Crippen molar-refractivity contribution in [1.82, 2.24) is 0 Å². The molecule has 0 aromatic rings. The average molecular weight is 655 g/mol. The van der Waals surface area contributed by atoms with Gasteiger partial charge in [0.2, 0.25) is 0 Å². The van der Waals surface area contributed by atoms with E-state index in [2.05, 4.69) is 59.3 Å². The first kappa shape index (κ1) is 44.6. The van der Waals surface area contributed by atoms with Crippen molar-refractivity contribution in [1.29, 1.82) is 0 Å². The fourth-order valence-corrected chi connectivity index (χ4v) is 7.84. The Morgan fingerprint density at radius 2 is 0.689 bits per heavy atom. The summed E-state index contributed by atoms with van der Waals surface area (Å²) in [6.07, 6.45) is 46.0. The monoisotopic (exact) mass is 655 g/mol. The Morgan fingerprint density at radius 3 is 0.978 bits per heavy atom. The van der Waals surface area contributed by atoms with Crippen LogP contribution in [-0.4, -0.2) is 45.1 Å². The summed E-state index contributed by atoms with van der Waals surface area (Å²) >= 11 is 0. The molecule has 0 amide bonds. The molecule has 0 aliphatic carbocycles. The van der Waals surface area contributed by atoms with E-state index in [1.54, 1.807) is 0 Å². The quantitative estimate of drug-likeness (QED) is 0.0292. The summed E-state index contributed by atoms with van der Waals surface area (Å²) in [5, 5.41) is 0. The van der Waals surface area contributed by atoms with E-state index in [9.17, 15) is 4.57 Å². The van der Waals surface area contributed by atoms with Crippen LogP contribution in [0.4, 0.5) is 0 Å². The Hall–Kier alpha value is -0.410. The van der Waals surface area contributed by atoms with Gasteiger partial charge in [0.25, 0.3) is 0 Å². The highest BCUT2D eigenvalue weighted by molar-refractivity contribution is 7.53. The molecule has 0 N–H and O–H groups in total. The highest BCUT2D eigenvalue weighted by atomic mass is 31.2. The summed E-state index contributed by atoms with van der Waals surface area (Å²) in [7, 11) is 3.12. The Labute approximate surface area is 283 Å². The average Bonchev–Trinajstić information content (AvgIpc) is 2.99. The summed E-state index contributed by atoms with van der Waals surface area (Å²) < 4.78 is 26.0. The van der Waals surface area contributed by atoms with Crippen molar-refractivity contribution in [3.63, 3.8) is 0 Å². The van der Waals surface area contributed by atoms with Crippen molar-refractivity contribution >= 4 is 7.60 Å². The van der Waals surface area contributed by atoms with Gasteiger partial charge in [0.1, 0.15) is 0 Å². The predicted molar refractivity (Wildman–Crippen MR) is 201 cm³/mol. The smallest absolute Gasteiger partial charge is 0.321 e. The van der Waals surface area contributed by atoms with Crippen molar-refractivity contribution in [2.45, 2.75) is 194 Å². The molecule has 268 valence electrons. The fourth-order valence-electron chi connectivity index (χ4n) is 5.74. The van der Waals surface area contributed by atoms with E-state index in [4.69, 9.17) is 9.05 Å². The molecule has 0 fully saturated rings. The van der Waals surface area contributed by atoms with Gasteiger partial charge in [-0.1, -0.05) is 154 Å². The summed E-state index contributed by atoms with van der Waals surface area (Å²) in [6, 6.07) is 0. The third-order valence-corrected chi connectivity index (χ3v) is 10.8. The molecular weight excluding hydrogens is 573 g/mol. The van der Waals surface area contributed by atoms with E-state index in [-0.39, 0.29) is 0 Å². The lowest BCUT2D eigenvalue weighted by Gasteiger charge is -2.28. The van der Waals surface area contributed by atoms with Gasteiger partial charge in [-0.3, -0.25) is 4.57 Å². The van der Waals surface area contributed by atoms with Gasteiger partial charge in [-0.05, 0) is 64.2 Å². The minimum absolute atomic E-state index is 0.436. The van der Waals surface area contributed by atoms with Crippen LogP contribution in [0.3, 0.4) is 0 Å². The topological polar surface area (TPSA) is 35.5 Å². The Balaban J connectivity index is 3.78. The first-order valence-electron chi connectivity index (χ1n) is 19.8. The summed E-state index contributed by atoms with van der Waals surface area (Å²) in [5.74, 6) is 0. The number of rotatable bonds is 36. The van der Waals surface area contributed by atoms with E-state index in [1.807, 2.05) is 0 Å². The molecule has 0 aliphatic rings. The molecule has 0 spiro atoms. The minimum Gasteiger partial charge on any atom is -0.321 e. The molecule has 4 nitrogen and oxygen atoms in total. The van der Waals surface area contributed by atoms with Crippen molar-refractivity contribution in [2.24, 2.45) is 0 Å². The fraction of sp³-hybridized carbons (Fsp3) is 0.900. The molecule has 1 atom stereocenters. The third-order valence-electron chi connectivity index (χ3n) is 8.49. The van der Waals surface area contributed by atoms with Crippen LogP contribution in [0.2, 0.25) is 0 Å². The van der Waals surface area contributed by atoms with Crippen molar-refractivity contribution in [3.05, 3.63) is 24.3 Å². The molecule has 0 rings (SSSR count). The lowest BCUT2D eigenvalue weighted by Crippen LogP contribution is -2.36. The van der Waals surface area contributed by atoms with E-state index in [0.29, 0.717) is 24.0 Å². The van der Waals surface area contributed by atoms with Crippen LogP contribution in [0.5, 0.6) is 0 Å². The molecule has 1 unspecified atom stereocenters. The van der Waals surface area contributed by atoms with Crippen LogP contribution in [0, 0.1) is 0 Å². The van der Waals surface area contributed by atoms with Gasteiger partial charge in [-0.2, -0.15) is 0 Å². The van der Waals surface area contributed by atoms with Crippen molar-refractivity contribution in [2.75, 3.05) is 40.6 Å². The van der Waals surface area contributed by atoms with Crippen molar-refractivity contribution < 1.29 is 18.1 Å². The first-order chi connectivity index (χ1) is 21.8. The van der Waals surface area contributed by atoms with Gasteiger partial charge >= 0.3 is 7.60 Å². The molecule has 0 radical (unpaired) electrons. The zero-order valence-electron chi connectivity index (χ0n) is 31.3. The molecule has 0 saturated heterocycles. The van der Waals surface area contributed by atoms with E-state index >= 15 is 0 Å². The maximum absolute atomic E-state index is 13.5. The van der Waals surface area contributed by atoms with Crippen LogP contribution in [0.15, 0.2) is 24.3 Å². The van der Waals surface area contributed by atoms with Crippen LogP contribution >= 0.6 is 7.60 Å². The molecule has 0 aromatic carbocycles. The number of hydrogen-bond acceptors (Lipinski definition) is 3. The second-order valence-electron chi connectivity index (χ2n) is 14.6. The standard InChI is InChI=1S/C40H81NO3P/c1-6-8-10-12-14-16-18-20-22-24-26-28-30-32-34-36-38-43-45(42,40-41(3,4)5)44-39-37-35-33-31-29-27-25-23-21-19-17-15-13-11-9-7-2/h20-23H,6-19,24-40H2,1-5H3/q+1/b22-20-,23-21+. The number of unbranched alkanes of at least 4 members (excludes halogenated alkanes) is 24. The minimum atomic E-state index is -3.06. The first-order valence-corrected chi connectivity index (χ1v) is 21.5. The molecule has 0 aromatic heterocycles. The summed E-state index contributed by atoms with van der Waals surface area (Å²) in [6.45, 7) is 5.65. The normalized spacial score (nSPS) is 13.8. The molecule has 0 heterocycles. The number of quaternary nitrogens is 1. The van der Waals surface area contributed by atoms with Crippen LogP contribution in [0.1, 0.15) is 194 Å². The van der Waals surface area contributed by atoms with Gasteiger partial charge in [0.15, 0.2) is 6.29 Å². The van der Waals surface area contributed by atoms with Gasteiger partial charge in [0, 0.05) is 0 Å². The van der Waals surface area contributed by atoms with Crippen molar-refractivity contribution in [3.8, 4) is 0 Å². The van der Waals surface area contributed by atoms with E-state index < -0.39 is 7.60 Å². The van der Waals surface area contributed by atoms with Crippen LogP contribution in [-0.2, 0) is 13.6 Å². The SMILES string of the molecule is CCCCCCCC/C=C\CCCCCCCCOP(=O)(C[N+](C)(C)C)OCCCCCCCC/C=C/CCCCCCCC. The Morgan fingerprint density at radius 1 is 0.422 bits per heavy atom. The Kier molecular flexibility index (Phi) is 33.2. The summed E-state index contributed by atoms with van der Waals surface area (Å²) in [4.78, 5) is 0. The lowest BCUT2D eigenvalue weighted by molar-refractivity contribution is -0.859. The molecular formula is C40H81NO3P+.